The Morgan fingerprint density at radius 3 is 2.94 bits per heavy atom. The SMILES string of the molecule is COCC1CCN(C(=O)c2ccc(O)cc2O)C1. The van der Waals surface area contributed by atoms with Crippen LogP contribution in [0.1, 0.15) is 16.8 Å². The summed E-state index contributed by atoms with van der Waals surface area (Å²) in [6.45, 7) is 1.96. The first kappa shape index (κ1) is 12.7. The van der Waals surface area contributed by atoms with Gasteiger partial charge < -0.3 is 19.8 Å². The maximum absolute atomic E-state index is 12.2. The van der Waals surface area contributed by atoms with Crippen molar-refractivity contribution in [2.75, 3.05) is 26.8 Å². The Kier molecular flexibility index (Phi) is 3.72. The van der Waals surface area contributed by atoms with Crippen LogP contribution in [0.15, 0.2) is 18.2 Å². The van der Waals surface area contributed by atoms with Crippen LogP contribution >= 0.6 is 0 Å². The van der Waals surface area contributed by atoms with Crippen molar-refractivity contribution in [1.82, 2.24) is 4.90 Å². The van der Waals surface area contributed by atoms with Gasteiger partial charge in [-0.15, -0.1) is 0 Å². The van der Waals surface area contributed by atoms with E-state index in [1.165, 1.54) is 18.2 Å². The van der Waals surface area contributed by atoms with E-state index in [1.807, 2.05) is 0 Å². The number of rotatable bonds is 3. The van der Waals surface area contributed by atoms with Crippen molar-refractivity contribution < 1.29 is 19.7 Å². The number of carbonyl (C=O) groups is 1. The standard InChI is InChI=1S/C13H17NO4/c1-18-8-9-4-5-14(7-9)13(17)11-3-2-10(15)6-12(11)16/h2-3,6,9,15-16H,4-5,7-8H2,1H3. The van der Waals surface area contributed by atoms with Crippen LogP contribution in [0.25, 0.3) is 0 Å². The van der Waals surface area contributed by atoms with Gasteiger partial charge in [0.15, 0.2) is 0 Å². The van der Waals surface area contributed by atoms with Crippen LogP contribution < -0.4 is 0 Å². The fourth-order valence-corrected chi connectivity index (χ4v) is 2.26. The lowest BCUT2D eigenvalue weighted by molar-refractivity contribution is 0.0772. The van der Waals surface area contributed by atoms with Crippen LogP contribution in [0.3, 0.4) is 0 Å². The third kappa shape index (κ3) is 2.56. The first-order valence-corrected chi connectivity index (χ1v) is 5.92. The molecule has 1 saturated heterocycles. The van der Waals surface area contributed by atoms with Gasteiger partial charge in [0.25, 0.3) is 5.91 Å². The topological polar surface area (TPSA) is 70.0 Å². The minimum atomic E-state index is -0.203. The maximum atomic E-state index is 12.2. The van der Waals surface area contributed by atoms with Crippen molar-refractivity contribution in [2.45, 2.75) is 6.42 Å². The number of nitrogens with zero attached hydrogens (tertiary/aromatic N) is 1. The summed E-state index contributed by atoms with van der Waals surface area (Å²) in [5.41, 5.74) is 0.228. The normalized spacial score (nSPS) is 19.2. The highest BCUT2D eigenvalue weighted by Crippen LogP contribution is 2.26. The zero-order valence-electron chi connectivity index (χ0n) is 10.3. The van der Waals surface area contributed by atoms with Gasteiger partial charge in [0.05, 0.1) is 12.2 Å². The van der Waals surface area contributed by atoms with Gasteiger partial charge in [-0.05, 0) is 18.6 Å². The van der Waals surface area contributed by atoms with Gasteiger partial charge in [-0.25, -0.2) is 0 Å². The van der Waals surface area contributed by atoms with Crippen LogP contribution in [0, 0.1) is 5.92 Å². The quantitative estimate of drug-likeness (QED) is 0.847. The fraction of sp³-hybridized carbons (Fsp3) is 0.462. The van der Waals surface area contributed by atoms with E-state index in [2.05, 4.69) is 0 Å². The number of amides is 1. The van der Waals surface area contributed by atoms with Crippen LogP contribution in [-0.2, 0) is 4.74 Å². The summed E-state index contributed by atoms with van der Waals surface area (Å²) in [5, 5.41) is 18.9. The first-order chi connectivity index (χ1) is 8.61. The number of ether oxygens (including phenoxy) is 1. The average molecular weight is 251 g/mol. The van der Waals surface area contributed by atoms with E-state index in [4.69, 9.17) is 4.74 Å². The van der Waals surface area contributed by atoms with Gasteiger partial charge in [0.2, 0.25) is 0 Å². The van der Waals surface area contributed by atoms with Crippen molar-refractivity contribution in [3.05, 3.63) is 23.8 Å². The molecule has 2 rings (SSSR count). The Morgan fingerprint density at radius 1 is 1.50 bits per heavy atom. The number of phenolic OH excluding ortho intramolecular Hbond substituents is 2. The number of aromatic hydroxyl groups is 2. The molecule has 5 heteroatoms. The molecule has 5 nitrogen and oxygen atoms in total. The highest BCUT2D eigenvalue weighted by atomic mass is 16.5. The highest BCUT2D eigenvalue weighted by molar-refractivity contribution is 5.97. The second-order valence-corrected chi connectivity index (χ2v) is 4.56. The molecule has 1 amide bonds. The molecule has 2 N–H and O–H groups in total. The summed E-state index contributed by atoms with van der Waals surface area (Å²) >= 11 is 0. The Morgan fingerprint density at radius 2 is 2.28 bits per heavy atom. The molecule has 1 heterocycles. The second-order valence-electron chi connectivity index (χ2n) is 4.56. The Balaban J connectivity index is 2.08. The number of hydrogen-bond donors (Lipinski definition) is 2. The molecule has 18 heavy (non-hydrogen) atoms. The molecular formula is C13H17NO4. The van der Waals surface area contributed by atoms with E-state index in [0.29, 0.717) is 25.6 Å². The summed E-state index contributed by atoms with van der Waals surface area (Å²) in [6, 6.07) is 4.02. The lowest BCUT2D eigenvalue weighted by atomic mass is 10.1. The van der Waals surface area contributed by atoms with Crippen molar-refractivity contribution in [1.29, 1.82) is 0 Å². The smallest absolute Gasteiger partial charge is 0.257 e. The number of hydrogen-bond acceptors (Lipinski definition) is 4. The zero-order chi connectivity index (χ0) is 13.1. The van der Waals surface area contributed by atoms with Crippen molar-refractivity contribution >= 4 is 5.91 Å². The third-order valence-electron chi connectivity index (χ3n) is 3.19. The van der Waals surface area contributed by atoms with Crippen molar-refractivity contribution in [3.8, 4) is 11.5 Å². The highest BCUT2D eigenvalue weighted by Gasteiger charge is 2.28. The first-order valence-electron chi connectivity index (χ1n) is 5.92. The van der Waals surface area contributed by atoms with Gasteiger partial charge in [-0.3, -0.25) is 4.79 Å². The molecule has 0 saturated carbocycles. The Hall–Kier alpha value is -1.75. The second kappa shape index (κ2) is 5.27. The van der Waals surface area contributed by atoms with Crippen LogP contribution in [-0.4, -0.2) is 47.8 Å². The molecule has 0 spiro atoms. The molecule has 0 aromatic heterocycles. The molecular weight excluding hydrogens is 234 g/mol. The lowest BCUT2D eigenvalue weighted by Gasteiger charge is -2.17. The average Bonchev–Trinajstić information content (AvgIpc) is 2.77. The van der Waals surface area contributed by atoms with Gasteiger partial charge in [0.1, 0.15) is 11.5 Å². The number of methoxy groups -OCH3 is 1. The molecule has 98 valence electrons. The van der Waals surface area contributed by atoms with Gasteiger partial charge in [-0.1, -0.05) is 0 Å². The van der Waals surface area contributed by atoms with Crippen molar-refractivity contribution in [2.24, 2.45) is 5.92 Å². The summed E-state index contributed by atoms with van der Waals surface area (Å²) in [4.78, 5) is 13.9. The van der Waals surface area contributed by atoms with E-state index in [9.17, 15) is 15.0 Å². The molecule has 0 radical (unpaired) electrons. The number of likely N-dealkylation sites (tertiary alicyclic amines) is 1. The monoisotopic (exact) mass is 251 g/mol. The van der Waals surface area contributed by atoms with Crippen LogP contribution in [0.5, 0.6) is 11.5 Å². The predicted molar refractivity (Wildman–Crippen MR) is 65.7 cm³/mol. The van der Waals surface area contributed by atoms with Gasteiger partial charge >= 0.3 is 0 Å². The van der Waals surface area contributed by atoms with Crippen LogP contribution in [0.2, 0.25) is 0 Å². The molecule has 1 aromatic rings. The summed E-state index contributed by atoms with van der Waals surface area (Å²) in [5.74, 6) is -0.0813. The molecule has 1 aliphatic heterocycles. The predicted octanol–water partition coefficient (Wildman–Crippen LogP) is 1.21. The molecule has 1 aliphatic rings. The number of benzene rings is 1. The zero-order valence-corrected chi connectivity index (χ0v) is 10.3. The number of carbonyl (C=O) groups excluding carboxylic acids is 1. The minimum Gasteiger partial charge on any atom is -0.508 e. The Labute approximate surface area is 106 Å². The lowest BCUT2D eigenvalue weighted by Crippen LogP contribution is -2.29. The molecule has 0 bridgehead atoms. The Bertz CT molecular complexity index is 447. The van der Waals surface area contributed by atoms with Gasteiger partial charge in [0, 0.05) is 32.2 Å². The molecule has 1 aromatic carbocycles. The van der Waals surface area contributed by atoms with E-state index < -0.39 is 0 Å². The van der Waals surface area contributed by atoms with E-state index in [1.54, 1.807) is 12.0 Å². The van der Waals surface area contributed by atoms with E-state index in [-0.39, 0.29) is 23.0 Å². The van der Waals surface area contributed by atoms with Crippen molar-refractivity contribution in [3.63, 3.8) is 0 Å². The molecule has 0 aliphatic carbocycles. The summed E-state index contributed by atoms with van der Waals surface area (Å²) in [6.07, 6.45) is 0.915. The molecule has 1 atom stereocenters. The minimum absolute atomic E-state index is 0.0530. The summed E-state index contributed by atoms with van der Waals surface area (Å²) in [7, 11) is 1.65. The third-order valence-corrected chi connectivity index (χ3v) is 3.19. The van der Waals surface area contributed by atoms with E-state index in [0.717, 1.165) is 6.42 Å². The fourth-order valence-electron chi connectivity index (χ4n) is 2.26. The van der Waals surface area contributed by atoms with Gasteiger partial charge in [-0.2, -0.15) is 0 Å². The largest absolute Gasteiger partial charge is 0.508 e. The maximum Gasteiger partial charge on any atom is 0.257 e. The summed E-state index contributed by atoms with van der Waals surface area (Å²) < 4.78 is 5.08. The molecule has 1 fully saturated rings. The van der Waals surface area contributed by atoms with Crippen LogP contribution in [0.4, 0.5) is 0 Å². The molecule has 1 unspecified atom stereocenters. The number of phenols is 2. The van der Waals surface area contributed by atoms with E-state index >= 15 is 0 Å².